The van der Waals surface area contributed by atoms with Crippen LogP contribution in [-0.2, 0) is 11.3 Å². The van der Waals surface area contributed by atoms with Gasteiger partial charge in [0.1, 0.15) is 17.9 Å². The zero-order chi connectivity index (χ0) is 17.9. The standard InChI is InChI=1S/C19H14ClN5O/c20-14-7-5-13(6-8-14)18-24-16-4-2-10-22-19(16)25(18)12-17(26)23-15-3-1-9-21-11-15/h1-11H,12H2,(H,23,26). The molecule has 0 aliphatic carbocycles. The van der Waals surface area contributed by atoms with Crippen LogP contribution < -0.4 is 5.32 Å². The van der Waals surface area contributed by atoms with Crippen molar-refractivity contribution in [2.45, 2.75) is 6.54 Å². The Morgan fingerprint density at radius 1 is 1.08 bits per heavy atom. The van der Waals surface area contributed by atoms with E-state index in [0.717, 1.165) is 11.1 Å². The fraction of sp³-hybridized carbons (Fsp3) is 0.0526. The van der Waals surface area contributed by atoms with Gasteiger partial charge in [-0.05, 0) is 48.5 Å². The normalized spacial score (nSPS) is 10.8. The van der Waals surface area contributed by atoms with Crippen LogP contribution in [0.25, 0.3) is 22.6 Å². The summed E-state index contributed by atoms with van der Waals surface area (Å²) in [7, 11) is 0. The molecule has 0 bridgehead atoms. The molecule has 0 fully saturated rings. The van der Waals surface area contributed by atoms with Crippen LogP contribution >= 0.6 is 11.6 Å². The average molecular weight is 364 g/mol. The second kappa shape index (κ2) is 6.93. The number of anilines is 1. The number of amides is 1. The van der Waals surface area contributed by atoms with Gasteiger partial charge in [0.2, 0.25) is 5.91 Å². The van der Waals surface area contributed by atoms with Gasteiger partial charge in [-0.15, -0.1) is 0 Å². The number of nitrogens with one attached hydrogen (secondary N) is 1. The number of imidazole rings is 1. The lowest BCUT2D eigenvalue weighted by atomic mass is 10.2. The molecule has 1 aromatic carbocycles. The Balaban J connectivity index is 1.72. The predicted octanol–water partition coefficient (Wildman–Crippen LogP) is 3.79. The number of hydrogen-bond donors (Lipinski definition) is 1. The number of aromatic nitrogens is 4. The van der Waals surface area contributed by atoms with Crippen molar-refractivity contribution in [2.24, 2.45) is 0 Å². The summed E-state index contributed by atoms with van der Waals surface area (Å²) in [4.78, 5) is 25.5. The molecule has 0 unspecified atom stereocenters. The highest BCUT2D eigenvalue weighted by Crippen LogP contribution is 2.25. The third-order valence-electron chi connectivity index (χ3n) is 3.85. The second-order valence-electron chi connectivity index (χ2n) is 5.66. The summed E-state index contributed by atoms with van der Waals surface area (Å²) in [6.45, 7) is 0.0837. The summed E-state index contributed by atoms with van der Waals surface area (Å²) in [5.41, 5.74) is 2.88. The van der Waals surface area contributed by atoms with E-state index >= 15 is 0 Å². The average Bonchev–Trinajstić information content (AvgIpc) is 3.02. The van der Waals surface area contributed by atoms with Crippen molar-refractivity contribution >= 4 is 34.4 Å². The number of halogens is 1. The highest BCUT2D eigenvalue weighted by atomic mass is 35.5. The lowest BCUT2D eigenvalue weighted by molar-refractivity contribution is -0.116. The molecule has 0 aliphatic heterocycles. The van der Waals surface area contributed by atoms with Crippen molar-refractivity contribution in [1.82, 2.24) is 19.5 Å². The summed E-state index contributed by atoms with van der Waals surface area (Å²) in [5.74, 6) is 0.481. The Kier molecular flexibility index (Phi) is 4.33. The van der Waals surface area contributed by atoms with E-state index in [9.17, 15) is 4.79 Å². The molecular weight excluding hydrogens is 350 g/mol. The van der Waals surface area contributed by atoms with Crippen LogP contribution in [-0.4, -0.2) is 25.4 Å². The van der Waals surface area contributed by atoms with Crippen LogP contribution in [0, 0.1) is 0 Å². The number of benzene rings is 1. The summed E-state index contributed by atoms with van der Waals surface area (Å²) in [5, 5.41) is 3.48. The van der Waals surface area contributed by atoms with Crippen molar-refractivity contribution in [3.05, 3.63) is 72.1 Å². The lowest BCUT2D eigenvalue weighted by Crippen LogP contribution is -2.19. The van der Waals surface area contributed by atoms with E-state index in [1.807, 2.05) is 24.3 Å². The van der Waals surface area contributed by atoms with E-state index in [0.29, 0.717) is 22.2 Å². The second-order valence-corrected chi connectivity index (χ2v) is 6.10. The van der Waals surface area contributed by atoms with E-state index in [1.165, 1.54) is 0 Å². The number of carbonyl (C=O) groups excluding carboxylic acids is 1. The molecule has 3 aromatic heterocycles. The molecule has 26 heavy (non-hydrogen) atoms. The Bertz CT molecular complexity index is 1060. The third kappa shape index (κ3) is 3.27. The van der Waals surface area contributed by atoms with Crippen LogP contribution in [0.1, 0.15) is 0 Å². The van der Waals surface area contributed by atoms with E-state index in [-0.39, 0.29) is 12.5 Å². The molecular formula is C19H14ClN5O. The van der Waals surface area contributed by atoms with Gasteiger partial charge in [0.05, 0.1) is 11.9 Å². The van der Waals surface area contributed by atoms with E-state index in [2.05, 4.69) is 20.3 Å². The van der Waals surface area contributed by atoms with Crippen LogP contribution in [0.2, 0.25) is 5.02 Å². The largest absolute Gasteiger partial charge is 0.323 e. The van der Waals surface area contributed by atoms with E-state index in [1.54, 1.807) is 47.4 Å². The highest BCUT2D eigenvalue weighted by Gasteiger charge is 2.16. The summed E-state index contributed by atoms with van der Waals surface area (Å²) < 4.78 is 1.80. The molecule has 4 rings (SSSR count). The minimum Gasteiger partial charge on any atom is -0.323 e. The smallest absolute Gasteiger partial charge is 0.244 e. The maximum absolute atomic E-state index is 12.5. The van der Waals surface area contributed by atoms with E-state index < -0.39 is 0 Å². The molecule has 0 spiro atoms. The number of nitrogens with zero attached hydrogens (tertiary/aromatic N) is 4. The SMILES string of the molecule is O=C(Cn1c(-c2ccc(Cl)cc2)nc2cccnc21)Nc1cccnc1. The first-order chi connectivity index (χ1) is 12.7. The first kappa shape index (κ1) is 16.2. The van der Waals surface area contributed by atoms with Crippen molar-refractivity contribution in [1.29, 1.82) is 0 Å². The van der Waals surface area contributed by atoms with Crippen molar-refractivity contribution < 1.29 is 4.79 Å². The van der Waals surface area contributed by atoms with E-state index in [4.69, 9.17) is 11.6 Å². The van der Waals surface area contributed by atoms with Crippen LogP contribution in [0.15, 0.2) is 67.1 Å². The molecule has 0 saturated heterocycles. The van der Waals surface area contributed by atoms with Gasteiger partial charge >= 0.3 is 0 Å². The molecule has 128 valence electrons. The number of fused-ring (bicyclic) bond motifs is 1. The van der Waals surface area contributed by atoms with Gasteiger partial charge in [0.15, 0.2) is 5.65 Å². The molecule has 7 heteroatoms. The Morgan fingerprint density at radius 2 is 1.88 bits per heavy atom. The van der Waals surface area contributed by atoms with Crippen molar-refractivity contribution in [2.75, 3.05) is 5.32 Å². The zero-order valence-electron chi connectivity index (χ0n) is 13.6. The Hall–Kier alpha value is -3.25. The van der Waals surface area contributed by atoms with Gasteiger partial charge in [-0.3, -0.25) is 14.3 Å². The minimum absolute atomic E-state index is 0.0837. The Morgan fingerprint density at radius 3 is 2.65 bits per heavy atom. The maximum Gasteiger partial charge on any atom is 0.244 e. The van der Waals surface area contributed by atoms with Gasteiger partial charge in [-0.2, -0.15) is 0 Å². The van der Waals surface area contributed by atoms with Crippen molar-refractivity contribution in [3.8, 4) is 11.4 Å². The van der Waals surface area contributed by atoms with Gasteiger partial charge in [0.25, 0.3) is 0 Å². The minimum atomic E-state index is -0.182. The molecule has 0 atom stereocenters. The van der Waals surface area contributed by atoms with Crippen LogP contribution in [0.5, 0.6) is 0 Å². The lowest BCUT2D eigenvalue weighted by Gasteiger charge is -2.09. The van der Waals surface area contributed by atoms with Gasteiger partial charge in [-0.25, -0.2) is 9.97 Å². The molecule has 3 heterocycles. The van der Waals surface area contributed by atoms with Crippen LogP contribution in [0.3, 0.4) is 0 Å². The van der Waals surface area contributed by atoms with Crippen LogP contribution in [0.4, 0.5) is 5.69 Å². The first-order valence-corrected chi connectivity index (χ1v) is 8.35. The first-order valence-electron chi connectivity index (χ1n) is 7.98. The zero-order valence-corrected chi connectivity index (χ0v) is 14.4. The fourth-order valence-electron chi connectivity index (χ4n) is 2.71. The molecule has 0 radical (unpaired) electrons. The van der Waals surface area contributed by atoms with Gasteiger partial charge < -0.3 is 5.32 Å². The fourth-order valence-corrected chi connectivity index (χ4v) is 2.83. The summed E-state index contributed by atoms with van der Waals surface area (Å²) in [6.07, 6.45) is 4.94. The highest BCUT2D eigenvalue weighted by molar-refractivity contribution is 6.30. The molecule has 0 aliphatic rings. The monoisotopic (exact) mass is 363 g/mol. The molecule has 4 aromatic rings. The number of carbonyl (C=O) groups is 1. The molecule has 1 amide bonds. The molecule has 1 N–H and O–H groups in total. The van der Waals surface area contributed by atoms with Gasteiger partial charge in [0, 0.05) is 23.0 Å². The van der Waals surface area contributed by atoms with Crippen molar-refractivity contribution in [3.63, 3.8) is 0 Å². The quantitative estimate of drug-likeness (QED) is 0.598. The number of pyridine rings is 2. The summed E-state index contributed by atoms with van der Waals surface area (Å²) >= 11 is 5.98. The van der Waals surface area contributed by atoms with Gasteiger partial charge in [-0.1, -0.05) is 11.6 Å². The predicted molar refractivity (Wildman–Crippen MR) is 101 cm³/mol. The topological polar surface area (TPSA) is 72.7 Å². The number of rotatable bonds is 4. The number of hydrogen-bond acceptors (Lipinski definition) is 4. The molecule has 0 saturated carbocycles. The third-order valence-corrected chi connectivity index (χ3v) is 4.11. The summed E-state index contributed by atoms with van der Waals surface area (Å²) in [6, 6.07) is 14.6. The molecule has 6 nitrogen and oxygen atoms in total. The maximum atomic E-state index is 12.5. The Labute approximate surface area is 154 Å².